The molecule has 0 unspecified atom stereocenters. The molecule has 4 aromatic rings. The predicted octanol–water partition coefficient (Wildman–Crippen LogP) is 4.55. The van der Waals surface area contributed by atoms with Crippen LogP contribution in [0.25, 0.3) is 33.7 Å². The van der Waals surface area contributed by atoms with Crippen molar-refractivity contribution in [2.75, 3.05) is 13.1 Å². The summed E-state index contributed by atoms with van der Waals surface area (Å²) in [6.07, 6.45) is 1.85. The molecule has 2 heterocycles. The molecular formula is C24H27N5O3. The maximum absolute atomic E-state index is 11.0. The van der Waals surface area contributed by atoms with Gasteiger partial charge >= 0.3 is 5.97 Å². The first-order valence-corrected chi connectivity index (χ1v) is 10.7. The molecule has 0 aliphatic rings. The van der Waals surface area contributed by atoms with E-state index in [0.29, 0.717) is 24.8 Å². The SMILES string of the molecule is CCN(CC(=O)O)Cc1ccc(-c2noc(-c3ccc4c(cnn4C(C)C)c3)n2)c(C)c1. The third-order valence-electron chi connectivity index (χ3n) is 5.50. The zero-order valence-electron chi connectivity index (χ0n) is 18.7. The number of hydrogen-bond acceptors (Lipinski definition) is 6. The lowest BCUT2D eigenvalue weighted by Crippen LogP contribution is -2.29. The number of carboxylic acid groups (broad SMARTS) is 1. The Balaban J connectivity index is 1.57. The molecule has 0 saturated carbocycles. The summed E-state index contributed by atoms with van der Waals surface area (Å²) in [6.45, 7) is 9.42. The van der Waals surface area contributed by atoms with Crippen molar-refractivity contribution in [3.63, 3.8) is 0 Å². The molecule has 0 spiro atoms. The molecule has 0 fully saturated rings. The Kier molecular flexibility index (Phi) is 6.05. The van der Waals surface area contributed by atoms with Crippen molar-refractivity contribution >= 4 is 16.9 Å². The largest absolute Gasteiger partial charge is 0.480 e. The van der Waals surface area contributed by atoms with Crippen LogP contribution < -0.4 is 0 Å². The van der Waals surface area contributed by atoms with Gasteiger partial charge in [-0.25, -0.2) is 0 Å². The third-order valence-corrected chi connectivity index (χ3v) is 5.50. The molecule has 8 nitrogen and oxygen atoms in total. The normalized spacial score (nSPS) is 11.7. The Labute approximate surface area is 186 Å². The van der Waals surface area contributed by atoms with E-state index >= 15 is 0 Å². The number of aliphatic carboxylic acids is 1. The second-order valence-electron chi connectivity index (χ2n) is 8.23. The number of aromatic nitrogens is 4. The first-order chi connectivity index (χ1) is 15.4. The summed E-state index contributed by atoms with van der Waals surface area (Å²) in [4.78, 5) is 17.5. The highest BCUT2D eigenvalue weighted by molar-refractivity contribution is 5.83. The summed E-state index contributed by atoms with van der Waals surface area (Å²) in [5.41, 5.74) is 4.86. The number of rotatable bonds is 8. The van der Waals surface area contributed by atoms with Crippen molar-refractivity contribution < 1.29 is 14.4 Å². The van der Waals surface area contributed by atoms with E-state index in [9.17, 15) is 4.79 Å². The average molecular weight is 434 g/mol. The van der Waals surface area contributed by atoms with Crippen molar-refractivity contribution in [2.45, 2.75) is 40.3 Å². The van der Waals surface area contributed by atoms with Crippen LogP contribution in [0.3, 0.4) is 0 Å². The van der Waals surface area contributed by atoms with E-state index in [1.807, 2.05) is 66.0 Å². The summed E-state index contributed by atoms with van der Waals surface area (Å²) in [7, 11) is 0. The fourth-order valence-corrected chi connectivity index (χ4v) is 3.85. The van der Waals surface area contributed by atoms with E-state index in [2.05, 4.69) is 29.1 Å². The van der Waals surface area contributed by atoms with E-state index in [-0.39, 0.29) is 12.6 Å². The first kappa shape index (κ1) is 21.7. The lowest BCUT2D eigenvalue weighted by atomic mass is 10.0. The Morgan fingerprint density at radius 3 is 2.72 bits per heavy atom. The van der Waals surface area contributed by atoms with Gasteiger partial charge in [0.05, 0.1) is 18.3 Å². The number of hydrogen-bond donors (Lipinski definition) is 1. The van der Waals surface area contributed by atoms with Crippen LogP contribution in [0, 0.1) is 6.92 Å². The zero-order chi connectivity index (χ0) is 22.8. The van der Waals surface area contributed by atoms with Gasteiger partial charge in [-0.3, -0.25) is 14.4 Å². The molecule has 0 amide bonds. The fraction of sp³-hybridized carbons (Fsp3) is 0.333. The van der Waals surface area contributed by atoms with Crippen LogP contribution in [0.2, 0.25) is 0 Å². The standard InChI is InChI=1S/C24H27N5O3/c1-5-28(14-22(30)31)13-17-6-8-20(16(4)10-17)23-26-24(32-27-23)18-7-9-21-19(11-18)12-25-29(21)15(2)3/h6-12,15H,5,13-14H2,1-4H3,(H,30,31). The Hall–Kier alpha value is -3.52. The Bertz CT molecular complexity index is 1260. The van der Waals surface area contributed by atoms with Crippen LogP contribution in [0.1, 0.15) is 37.9 Å². The molecule has 8 heteroatoms. The minimum atomic E-state index is -0.825. The molecule has 0 atom stereocenters. The fourth-order valence-electron chi connectivity index (χ4n) is 3.85. The molecule has 0 radical (unpaired) electrons. The molecule has 166 valence electrons. The van der Waals surface area contributed by atoms with Gasteiger partial charge in [-0.15, -0.1) is 0 Å². The number of fused-ring (bicyclic) bond motifs is 1. The Morgan fingerprint density at radius 1 is 1.22 bits per heavy atom. The third kappa shape index (κ3) is 4.40. The maximum Gasteiger partial charge on any atom is 0.317 e. The topological polar surface area (TPSA) is 97.3 Å². The van der Waals surface area contributed by atoms with Crippen LogP contribution in [0.15, 0.2) is 47.1 Å². The molecule has 2 aromatic heterocycles. The van der Waals surface area contributed by atoms with Crippen LogP contribution in [-0.4, -0.2) is 49.0 Å². The molecule has 0 saturated heterocycles. The summed E-state index contributed by atoms with van der Waals surface area (Å²) >= 11 is 0. The zero-order valence-corrected chi connectivity index (χ0v) is 18.7. The average Bonchev–Trinajstić information content (AvgIpc) is 3.40. The summed E-state index contributed by atoms with van der Waals surface area (Å²) in [5.74, 6) is 0.162. The molecule has 4 rings (SSSR count). The lowest BCUT2D eigenvalue weighted by Gasteiger charge is -2.18. The smallest absolute Gasteiger partial charge is 0.317 e. The second kappa shape index (κ2) is 8.92. The number of carboxylic acids is 1. The van der Waals surface area contributed by atoms with E-state index in [0.717, 1.165) is 33.2 Å². The molecule has 0 aliphatic carbocycles. The first-order valence-electron chi connectivity index (χ1n) is 10.7. The summed E-state index contributed by atoms with van der Waals surface area (Å²) in [6, 6.07) is 12.3. The van der Waals surface area contributed by atoms with Crippen LogP contribution in [0.5, 0.6) is 0 Å². The lowest BCUT2D eigenvalue weighted by molar-refractivity contribution is -0.138. The number of benzene rings is 2. The quantitative estimate of drug-likeness (QED) is 0.435. The van der Waals surface area contributed by atoms with Crippen molar-refractivity contribution in [3.8, 4) is 22.8 Å². The number of carbonyl (C=O) groups is 1. The second-order valence-corrected chi connectivity index (χ2v) is 8.23. The van der Waals surface area contributed by atoms with Crippen molar-refractivity contribution in [3.05, 3.63) is 53.7 Å². The maximum atomic E-state index is 11.0. The van der Waals surface area contributed by atoms with Gasteiger partial charge in [-0.1, -0.05) is 30.3 Å². The van der Waals surface area contributed by atoms with Gasteiger partial charge in [-0.05, 0) is 56.6 Å². The summed E-state index contributed by atoms with van der Waals surface area (Å²) in [5, 5.41) is 18.7. The summed E-state index contributed by atoms with van der Waals surface area (Å²) < 4.78 is 7.54. The van der Waals surface area contributed by atoms with Gasteiger partial charge in [0.2, 0.25) is 5.82 Å². The van der Waals surface area contributed by atoms with Crippen LogP contribution >= 0.6 is 0 Å². The Morgan fingerprint density at radius 2 is 2.03 bits per heavy atom. The highest BCUT2D eigenvalue weighted by Crippen LogP contribution is 2.28. The highest BCUT2D eigenvalue weighted by atomic mass is 16.5. The minimum Gasteiger partial charge on any atom is -0.480 e. The van der Waals surface area contributed by atoms with Gasteiger partial charge < -0.3 is 9.63 Å². The minimum absolute atomic E-state index is 0.0198. The van der Waals surface area contributed by atoms with Gasteiger partial charge in [0.1, 0.15) is 0 Å². The van der Waals surface area contributed by atoms with Crippen molar-refractivity contribution in [1.29, 1.82) is 0 Å². The number of nitrogens with zero attached hydrogens (tertiary/aromatic N) is 5. The van der Waals surface area contributed by atoms with Crippen LogP contribution in [-0.2, 0) is 11.3 Å². The molecule has 1 N–H and O–H groups in total. The molecule has 0 bridgehead atoms. The van der Waals surface area contributed by atoms with E-state index in [4.69, 9.17) is 9.63 Å². The van der Waals surface area contributed by atoms with E-state index < -0.39 is 5.97 Å². The van der Waals surface area contributed by atoms with Gasteiger partial charge in [-0.2, -0.15) is 10.1 Å². The van der Waals surface area contributed by atoms with E-state index in [1.54, 1.807) is 0 Å². The molecule has 2 aromatic carbocycles. The van der Waals surface area contributed by atoms with E-state index in [1.165, 1.54) is 0 Å². The predicted molar refractivity (Wildman–Crippen MR) is 122 cm³/mol. The highest BCUT2D eigenvalue weighted by Gasteiger charge is 2.15. The van der Waals surface area contributed by atoms with Gasteiger partial charge in [0, 0.05) is 29.1 Å². The van der Waals surface area contributed by atoms with Crippen molar-refractivity contribution in [1.82, 2.24) is 24.8 Å². The molecule has 32 heavy (non-hydrogen) atoms. The monoisotopic (exact) mass is 433 g/mol. The van der Waals surface area contributed by atoms with Gasteiger partial charge in [0.15, 0.2) is 0 Å². The van der Waals surface area contributed by atoms with Gasteiger partial charge in [0.25, 0.3) is 5.89 Å². The van der Waals surface area contributed by atoms with Crippen molar-refractivity contribution in [2.24, 2.45) is 0 Å². The van der Waals surface area contributed by atoms with Crippen LogP contribution in [0.4, 0.5) is 0 Å². The number of likely N-dealkylation sites (N-methyl/N-ethyl adjacent to an activating group) is 1. The molecule has 0 aliphatic heterocycles. The number of aryl methyl sites for hydroxylation is 1. The molecular weight excluding hydrogens is 406 g/mol.